The van der Waals surface area contributed by atoms with E-state index in [2.05, 4.69) is 15.3 Å². The molecule has 0 bridgehead atoms. The zero-order chi connectivity index (χ0) is 10.2. The third-order valence-corrected chi connectivity index (χ3v) is 2.89. The molecule has 1 aromatic rings. The van der Waals surface area contributed by atoms with Gasteiger partial charge in [0.05, 0.1) is 0 Å². The van der Waals surface area contributed by atoms with Crippen LogP contribution in [-0.4, -0.2) is 10.9 Å². The van der Waals surface area contributed by atoms with Gasteiger partial charge in [0.1, 0.15) is 5.01 Å². The quantitative estimate of drug-likeness (QED) is 0.607. The van der Waals surface area contributed by atoms with Crippen LogP contribution in [0.3, 0.4) is 0 Å². The maximum atomic E-state index is 6.04. The number of nitrogens with two attached hydrogens (primary N) is 2. The van der Waals surface area contributed by atoms with Crippen LogP contribution >= 0.6 is 11.3 Å². The van der Waals surface area contributed by atoms with Gasteiger partial charge in [-0.25, -0.2) is 9.98 Å². The molecule has 0 saturated heterocycles. The molecule has 1 aliphatic heterocycles. The van der Waals surface area contributed by atoms with Crippen molar-refractivity contribution in [3.05, 3.63) is 28.4 Å². The van der Waals surface area contributed by atoms with Crippen LogP contribution in [0.15, 0.2) is 23.5 Å². The van der Waals surface area contributed by atoms with Crippen LogP contribution in [-0.2, 0) is 5.66 Å². The normalized spacial score (nSPS) is 25.7. The summed E-state index contributed by atoms with van der Waals surface area (Å²) in [5.41, 5.74) is 10.7. The fourth-order valence-electron chi connectivity index (χ4n) is 1.18. The molecule has 6 heteroatoms. The second-order valence-electron chi connectivity index (χ2n) is 3.08. The number of aryl methyl sites for hydroxylation is 1. The van der Waals surface area contributed by atoms with Gasteiger partial charge in [0, 0.05) is 17.3 Å². The van der Waals surface area contributed by atoms with Crippen molar-refractivity contribution in [2.24, 2.45) is 16.5 Å². The molecule has 5 N–H and O–H groups in total. The first-order chi connectivity index (χ1) is 6.60. The number of nitrogens with one attached hydrogen (secondary N) is 1. The van der Waals surface area contributed by atoms with Crippen molar-refractivity contribution in [3.63, 3.8) is 0 Å². The molecule has 0 aliphatic carbocycles. The number of rotatable bonds is 1. The molecule has 0 amide bonds. The summed E-state index contributed by atoms with van der Waals surface area (Å²) in [4.78, 5) is 9.42. The predicted molar refractivity (Wildman–Crippen MR) is 56.6 cm³/mol. The van der Waals surface area contributed by atoms with E-state index in [4.69, 9.17) is 11.5 Å². The third-order valence-electron chi connectivity index (χ3n) is 1.84. The molecule has 0 radical (unpaired) electrons. The van der Waals surface area contributed by atoms with E-state index in [1.807, 2.05) is 6.92 Å². The van der Waals surface area contributed by atoms with Gasteiger partial charge in [-0.2, -0.15) is 0 Å². The van der Waals surface area contributed by atoms with Crippen LogP contribution in [0.1, 0.15) is 9.88 Å². The maximum Gasteiger partial charge on any atom is 0.195 e. The molecule has 74 valence electrons. The molecule has 2 rings (SSSR count). The Labute approximate surface area is 85.5 Å². The highest BCUT2D eigenvalue weighted by atomic mass is 32.1. The lowest BCUT2D eigenvalue weighted by Gasteiger charge is -2.22. The van der Waals surface area contributed by atoms with E-state index in [1.165, 1.54) is 11.3 Å². The number of aromatic nitrogens is 1. The molecule has 2 heterocycles. The fraction of sp³-hybridized carbons (Fsp3) is 0.250. The van der Waals surface area contributed by atoms with Gasteiger partial charge in [0.25, 0.3) is 0 Å². The monoisotopic (exact) mass is 209 g/mol. The summed E-state index contributed by atoms with van der Waals surface area (Å²) < 4.78 is 0. The lowest BCUT2D eigenvalue weighted by Crippen LogP contribution is -2.42. The van der Waals surface area contributed by atoms with Crippen molar-refractivity contribution >= 4 is 17.3 Å². The lowest BCUT2D eigenvalue weighted by molar-refractivity contribution is 0.577. The van der Waals surface area contributed by atoms with Gasteiger partial charge in [-0.1, -0.05) is 0 Å². The van der Waals surface area contributed by atoms with Gasteiger partial charge in [-0.3, -0.25) is 5.73 Å². The summed E-state index contributed by atoms with van der Waals surface area (Å²) in [6.07, 6.45) is 5.19. The SMILES string of the molecule is Cc1cnc(C2(N)C=CNC(N)=N2)s1. The van der Waals surface area contributed by atoms with E-state index < -0.39 is 5.66 Å². The Morgan fingerprint density at radius 2 is 2.36 bits per heavy atom. The average molecular weight is 209 g/mol. The molecule has 0 spiro atoms. The third kappa shape index (κ3) is 1.49. The first-order valence-electron chi connectivity index (χ1n) is 4.11. The standard InChI is InChI=1S/C8H11N5S/c1-5-4-12-6(14-5)8(10)2-3-11-7(9)13-8/h2-4H,10H2,1H3,(H3,9,11,13). The van der Waals surface area contributed by atoms with E-state index >= 15 is 0 Å². The highest BCUT2D eigenvalue weighted by Crippen LogP contribution is 2.26. The minimum atomic E-state index is -0.908. The molecule has 0 fully saturated rings. The van der Waals surface area contributed by atoms with Crippen LogP contribution in [0, 0.1) is 6.92 Å². The van der Waals surface area contributed by atoms with Crippen molar-refractivity contribution in [1.29, 1.82) is 0 Å². The molecule has 1 aliphatic rings. The molecule has 14 heavy (non-hydrogen) atoms. The molecule has 0 aromatic carbocycles. The second kappa shape index (κ2) is 3.07. The Hall–Kier alpha value is -1.40. The van der Waals surface area contributed by atoms with Gasteiger partial charge in [0.15, 0.2) is 11.6 Å². The van der Waals surface area contributed by atoms with E-state index in [0.29, 0.717) is 5.96 Å². The van der Waals surface area contributed by atoms with Gasteiger partial charge in [0.2, 0.25) is 0 Å². The van der Waals surface area contributed by atoms with E-state index in [-0.39, 0.29) is 0 Å². The zero-order valence-electron chi connectivity index (χ0n) is 7.69. The molecule has 1 aromatic heterocycles. The van der Waals surface area contributed by atoms with E-state index in [1.54, 1.807) is 18.5 Å². The first-order valence-corrected chi connectivity index (χ1v) is 4.93. The van der Waals surface area contributed by atoms with E-state index in [9.17, 15) is 0 Å². The molecule has 5 nitrogen and oxygen atoms in total. The van der Waals surface area contributed by atoms with Crippen molar-refractivity contribution in [1.82, 2.24) is 10.3 Å². The van der Waals surface area contributed by atoms with Gasteiger partial charge < -0.3 is 11.1 Å². The number of hydrogen-bond acceptors (Lipinski definition) is 6. The summed E-state index contributed by atoms with van der Waals surface area (Å²) >= 11 is 1.52. The van der Waals surface area contributed by atoms with Gasteiger partial charge >= 0.3 is 0 Å². The van der Waals surface area contributed by atoms with Crippen LogP contribution in [0.2, 0.25) is 0 Å². The number of hydrogen-bond donors (Lipinski definition) is 3. The van der Waals surface area contributed by atoms with Crippen LogP contribution < -0.4 is 16.8 Å². The highest BCUT2D eigenvalue weighted by molar-refractivity contribution is 7.11. The predicted octanol–water partition coefficient (Wildman–Crippen LogP) is -0.00538. The van der Waals surface area contributed by atoms with Crippen molar-refractivity contribution in [2.75, 3.05) is 0 Å². The maximum absolute atomic E-state index is 6.04. The molecule has 1 atom stereocenters. The summed E-state index contributed by atoms with van der Waals surface area (Å²) in [6, 6.07) is 0. The van der Waals surface area contributed by atoms with E-state index in [0.717, 1.165) is 9.88 Å². The summed E-state index contributed by atoms with van der Waals surface area (Å²) in [7, 11) is 0. The molecule has 0 saturated carbocycles. The Morgan fingerprint density at radius 3 is 2.93 bits per heavy atom. The minimum absolute atomic E-state index is 0.308. The number of aliphatic imine (C=N–C) groups is 1. The fourth-order valence-corrected chi connectivity index (χ4v) is 1.97. The summed E-state index contributed by atoms with van der Waals surface area (Å²) in [6.45, 7) is 1.97. The first kappa shape index (κ1) is 9.17. The van der Waals surface area contributed by atoms with Crippen LogP contribution in [0.4, 0.5) is 0 Å². The highest BCUT2D eigenvalue weighted by Gasteiger charge is 2.29. The molecular weight excluding hydrogens is 198 g/mol. The van der Waals surface area contributed by atoms with Gasteiger partial charge in [-0.05, 0) is 13.0 Å². The largest absolute Gasteiger partial charge is 0.370 e. The van der Waals surface area contributed by atoms with Crippen molar-refractivity contribution in [2.45, 2.75) is 12.6 Å². The topological polar surface area (TPSA) is 89.3 Å². The number of guanidine groups is 1. The minimum Gasteiger partial charge on any atom is -0.370 e. The Balaban J connectivity index is 2.41. The number of nitrogens with zero attached hydrogens (tertiary/aromatic N) is 2. The van der Waals surface area contributed by atoms with Crippen molar-refractivity contribution in [3.8, 4) is 0 Å². The number of thiazole rings is 1. The smallest absolute Gasteiger partial charge is 0.195 e. The molecular formula is C8H11N5S. The Kier molecular flexibility index (Phi) is 2.01. The van der Waals surface area contributed by atoms with Gasteiger partial charge in [-0.15, -0.1) is 11.3 Å². The lowest BCUT2D eigenvalue weighted by atomic mass is 10.2. The second-order valence-corrected chi connectivity index (χ2v) is 4.31. The van der Waals surface area contributed by atoms with Crippen LogP contribution in [0.5, 0.6) is 0 Å². The summed E-state index contributed by atoms with van der Waals surface area (Å²) in [5.74, 6) is 0.308. The van der Waals surface area contributed by atoms with Crippen LogP contribution in [0.25, 0.3) is 0 Å². The Bertz CT molecular complexity index is 408. The summed E-state index contributed by atoms with van der Waals surface area (Å²) in [5, 5.41) is 3.50. The van der Waals surface area contributed by atoms with Crippen molar-refractivity contribution < 1.29 is 0 Å². The zero-order valence-corrected chi connectivity index (χ0v) is 8.51. The Morgan fingerprint density at radius 1 is 1.57 bits per heavy atom. The molecule has 1 unspecified atom stereocenters. The average Bonchev–Trinajstić information content (AvgIpc) is 2.52.